The third-order valence-electron chi connectivity index (χ3n) is 8.78. The van der Waals surface area contributed by atoms with Gasteiger partial charge in [0.2, 0.25) is 0 Å². The van der Waals surface area contributed by atoms with Crippen LogP contribution in [0.4, 0.5) is 0 Å². The van der Waals surface area contributed by atoms with E-state index in [1.165, 1.54) is 0 Å². The first-order valence-electron chi connectivity index (χ1n) is 18.3. The second-order valence-corrected chi connectivity index (χ2v) is 20.7. The summed E-state index contributed by atoms with van der Waals surface area (Å²) in [5.74, 6) is -2.15. The van der Waals surface area contributed by atoms with Crippen molar-refractivity contribution < 1.29 is 47.7 Å². The summed E-state index contributed by atoms with van der Waals surface area (Å²) in [6, 6.07) is 9.57. The van der Waals surface area contributed by atoms with Crippen molar-refractivity contribution in [1.82, 2.24) is 4.90 Å². The van der Waals surface area contributed by atoms with Crippen molar-refractivity contribution in [3.63, 3.8) is 0 Å². The predicted octanol–water partition coefficient (Wildman–Crippen LogP) is 5.44. The van der Waals surface area contributed by atoms with Crippen LogP contribution >= 0.6 is 0 Å². The van der Waals surface area contributed by atoms with Gasteiger partial charge < -0.3 is 0 Å². The summed E-state index contributed by atoms with van der Waals surface area (Å²) in [4.78, 5) is 69.6. The molecule has 0 amide bonds. The van der Waals surface area contributed by atoms with Crippen molar-refractivity contribution in [2.24, 2.45) is 21.7 Å². The number of piperidine rings is 1. The monoisotopic (exact) mass is 795 g/mol. The fourth-order valence-corrected chi connectivity index (χ4v) is 7.92. The zero-order valence-electron chi connectivity index (χ0n) is 33.4. The topological polar surface area (TPSA) is 135 Å². The van der Waals surface area contributed by atoms with Gasteiger partial charge in [0, 0.05) is 0 Å². The molecule has 0 bridgehead atoms. The molecule has 1 aromatic carbocycles. The van der Waals surface area contributed by atoms with Gasteiger partial charge in [0.25, 0.3) is 0 Å². The number of Topliss-reactive ketones (excluding diaryl/α,β-unsaturated/α-hetero) is 1. The Labute approximate surface area is 316 Å². The number of rotatable bonds is 10. The second-order valence-electron chi connectivity index (χ2n) is 18.0. The Hall–Kier alpha value is -2.79. The number of likely N-dealkylation sites (tertiary alicyclic amines) is 1. The number of hydrogen-bond donors (Lipinski definition) is 0. The van der Waals surface area contributed by atoms with E-state index in [2.05, 4.69) is 4.90 Å². The summed E-state index contributed by atoms with van der Waals surface area (Å²) in [6.07, 6.45) is -4.44. The number of carbonyl (C=O) groups is 5. The van der Waals surface area contributed by atoms with Crippen LogP contribution in [-0.4, -0.2) is 99.4 Å². The van der Waals surface area contributed by atoms with E-state index in [-0.39, 0.29) is 44.6 Å². The molecule has 0 N–H and O–H groups in total. The zero-order valence-corrected chi connectivity index (χ0v) is 35.1. The Morgan fingerprint density at radius 3 is 1.69 bits per heavy atom. The van der Waals surface area contributed by atoms with Gasteiger partial charge in [-0.25, -0.2) is 0 Å². The van der Waals surface area contributed by atoms with Crippen molar-refractivity contribution in [3.05, 3.63) is 30.3 Å². The SMILES string of the molecule is CCC[C@H]1CC(=O)C([Se]c2ccccc2)CN1[C@@H]1O[C@H](COC(=O)C(C)(C)C)[C@H](OC(=O)C(C)(C)C)[C@H](OC(=O)C(C)(C)C)[C@H]1OC(=O)C(C)(C)C. The van der Waals surface area contributed by atoms with Crippen LogP contribution in [0.1, 0.15) is 109 Å². The number of carbonyl (C=O) groups excluding carboxylic acids is 5. The summed E-state index contributed by atoms with van der Waals surface area (Å²) >= 11 is -0.218. The predicted molar refractivity (Wildman–Crippen MR) is 198 cm³/mol. The molecule has 12 heteroatoms. The minimum atomic E-state index is -1.35. The fourth-order valence-electron chi connectivity index (χ4n) is 5.58. The van der Waals surface area contributed by atoms with Gasteiger partial charge in [-0.3, -0.25) is 0 Å². The van der Waals surface area contributed by atoms with Gasteiger partial charge in [-0.15, -0.1) is 0 Å². The zero-order chi connectivity index (χ0) is 39.4. The molecule has 2 saturated heterocycles. The number of benzene rings is 1. The van der Waals surface area contributed by atoms with Gasteiger partial charge in [-0.05, 0) is 0 Å². The third-order valence-corrected chi connectivity index (χ3v) is 11.4. The molecule has 0 saturated carbocycles. The molecule has 0 radical (unpaired) electrons. The number of hydrogen-bond acceptors (Lipinski definition) is 11. The van der Waals surface area contributed by atoms with Crippen LogP contribution in [0.2, 0.25) is 4.82 Å². The van der Waals surface area contributed by atoms with E-state index in [9.17, 15) is 24.0 Å². The quantitative estimate of drug-likeness (QED) is 0.170. The fraction of sp³-hybridized carbons (Fsp3) is 0.725. The molecule has 1 aromatic rings. The molecule has 2 aliphatic rings. The molecule has 0 spiro atoms. The van der Waals surface area contributed by atoms with E-state index in [0.717, 1.165) is 10.9 Å². The van der Waals surface area contributed by atoms with Crippen LogP contribution in [0.15, 0.2) is 30.3 Å². The van der Waals surface area contributed by atoms with E-state index in [4.69, 9.17) is 23.7 Å². The Morgan fingerprint density at radius 1 is 0.731 bits per heavy atom. The maximum absolute atomic E-state index is 13.8. The first-order valence-corrected chi connectivity index (χ1v) is 20.1. The first-order chi connectivity index (χ1) is 23.8. The summed E-state index contributed by atoms with van der Waals surface area (Å²) in [5, 5.41) is 0. The third kappa shape index (κ3) is 11.6. The minimum absolute atomic E-state index is 0.154. The molecule has 3 rings (SSSR count). The normalized spacial score (nSPS) is 26.3. The average Bonchev–Trinajstić information content (AvgIpc) is 3.01. The van der Waals surface area contributed by atoms with Crippen LogP contribution in [0.25, 0.3) is 0 Å². The molecule has 1 unspecified atom stereocenters. The van der Waals surface area contributed by atoms with Crippen molar-refractivity contribution in [3.8, 4) is 0 Å². The van der Waals surface area contributed by atoms with Crippen LogP contribution < -0.4 is 4.46 Å². The molecule has 2 aliphatic heterocycles. The molecule has 292 valence electrons. The van der Waals surface area contributed by atoms with Crippen LogP contribution in [0.3, 0.4) is 0 Å². The molecular formula is C40H61NO10Se. The molecule has 7 atom stereocenters. The first kappa shape index (κ1) is 43.6. The maximum atomic E-state index is 13.8. The van der Waals surface area contributed by atoms with Gasteiger partial charge in [0.05, 0.1) is 0 Å². The molecular weight excluding hydrogens is 733 g/mol. The Morgan fingerprint density at radius 2 is 1.21 bits per heavy atom. The van der Waals surface area contributed by atoms with Gasteiger partial charge >= 0.3 is 318 Å². The molecule has 0 aromatic heterocycles. The summed E-state index contributed by atoms with van der Waals surface area (Å²) < 4.78 is 32.4. The van der Waals surface area contributed by atoms with Gasteiger partial charge in [-0.1, -0.05) is 0 Å². The van der Waals surface area contributed by atoms with Crippen LogP contribution in [0, 0.1) is 21.7 Å². The number of ketones is 1. The van der Waals surface area contributed by atoms with Crippen LogP contribution in [-0.2, 0) is 47.7 Å². The number of ether oxygens (including phenoxy) is 5. The van der Waals surface area contributed by atoms with Crippen LogP contribution in [0.5, 0.6) is 0 Å². The molecule has 52 heavy (non-hydrogen) atoms. The number of esters is 4. The van der Waals surface area contributed by atoms with E-state index in [1.54, 1.807) is 83.1 Å². The van der Waals surface area contributed by atoms with E-state index < -0.39 is 76.2 Å². The molecule has 11 nitrogen and oxygen atoms in total. The summed E-state index contributed by atoms with van der Waals surface area (Å²) in [6.45, 7) is 22.5. The standard InChI is InChI=1S/C40H61NO10Se/c1-14-18-24-21-26(42)28(52-25-19-16-15-17-20-25)22-41(24)32-31(51-36(46)40(11,12)13)30(50-35(45)39(8,9)10)29(49-34(44)38(5,6)7)27(48-32)23-47-33(43)37(2,3)4/h15-17,19-20,24,27-32H,14,18,21-23H2,1-13H3/t24-,27+,28?,29-,30-,31+,32+/m0/s1. The van der Waals surface area contributed by atoms with Crippen molar-refractivity contribution in [1.29, 1.82) is 0 Å². The summed E-state index contributed by atoms with van der Waals surface area (Å²) in [5.41, 5.74) is -3.75. The van der Waals surface area contributed by atoms with Crippen molar-refractivity contribution in [2.45, 2.75) is 151 Å². The molecule has 2 fully saturated rings. The van der Waals surface area contributed by atoms with Gasteiger partial charge in [-0.2, -0.15) is 0 Å². The van der Waals surface area contributed by atoms with E-state index >= 15 is 0 Å². The summed E-state index contributed by atoms with van der Waals surface area (Å²) in [7, 11) is 0. The second kappa shape index (κ2) is 17.1. The molecule has 2 heterocycles. The molecule has 0 aliphatic carbocycles. The van der Waals surface area contributed by atoms with E-state index in [0.29, 0.717) is 13.0 Å². The van der Waals surface area contributed by atoms with Gasteiger partial charge in [0.15, 0.2) is 0 Å². The van der Waals surface area contributed by atoms with Gasteiger partial charge in [0.1, 0.15) is 0 Å². The Bertz CT molecular complexity index is 1420. The Kier molecular flexibility index (Phi) is 14.4. The van der Waals surface area contributed by atoms with E-state index in [1.807, 2.05) is 37.3 Å². The number of nitrogens with zero attached hydrogens (tertiary/aromatic N) is 1. The Balaban J connectivity index is 2.25. The van der Waals surface area contributed by atoms with Crippen molar-refractivity contribution in [2.75, 3.05) is 13.2 Å². The average molecular weight is 795 g/mol. The van der Waals surface area contributed by atoms with Crippen molar-refractivity contribution >= 4 is 49.1 Å².